The molecule has 0 spiro atoms. The van der Waals surface area contributed by atoms with Crippen LogP contribution in [0.5, 0.6) is 0 Å². The van der Waals surface area contributed by atoms with E-state index in [2.05, 4.69) is 31.2 Å². The summed E-state index contributed by atoms with van der Waals surface area (Å²) in [5.74, 6) is 0.839. The number of rotatable bonds is 1. The van der Waals surface area contributed by atoms with Gasteiger partial charge in [-0.05, 0) is 36.8 Å². The van der Waals surface area contributed by atoms with Crippen LogP contribution in [-0.2, 0) is 0 Å². The van der Waals surface area contributed by atoms with E-state index in [1.54, 1.807) is 5.56 Å². The second-order valence-corrected chi connectivity index (χ2v) is 4.90. The average molecular weight is 202 g/mol. The van der Waals surface area contributed by atoms with Crippen LogP contribution in [0.15, 0.2) is 24.3 Å². The molecule has 0 saturated heterocycles. The third kappa shape index (κ3) is 2.84. The van der Waals surface area contributed by atoms with Crippen molar-refractivity contribution >= 4 is 0 Å². The Morgan fingerprint density at radius 3 is 2.13 bits per heavy atom. The van der Waals surface area contributed by atoms with E-state index in [1.807, 2.05) is 0 Å². The number of benzene rings is 1. The fraction of sp³-hybridized carbons (Fsp3) is 0.600. The maximum Gasteiger partial charge on any atom is -0.0159 e. The summed E-state index contributed by atoms with van der Waals surface area (Å²) in [4.78, 5) is 0. The van der Waals surface area contributed by atoms with E-state index >= 15 is 0 Å². The molecule has 0 aliphatic heterocycles. The number of aryl methyl sites for hydroxylation is 1. The monoisotopic (exact) mass is 202 g/mol. The van der Waals surface area contributed by atoms with Gasteiger partial charge in [-0.3, -0.25) is 0 Å². The van der Waals surface area contributed by atoms with Crippen molar-refractivity contribution in [3.8, 4) is 0 Å². The molecule has 0 radical (unpaired) electrons. The van der Waals surface area contributed by atoms with Crippen LogP contribution >= 0.6 is 0 Å². The Morgan fingerprint density at radius 1 is 0.867 bits per heavy atom. The van der Waals surface area contributed by atoms with Crippen LogP contribution in [0.25, 0.3) is 0 Å². The summed E-state index contributed by atoms with van der Waals surface area (Å²) in [6.07, 6.45) is 10.0. The van der Waals surface area contributed by atoms with Crippen LogP contribution < -0.4 is 0 Å². The van der Waals surface area contributed by atoms with Crippen LogP contribution in [0, 0.1) is 6.92 Å². The Balaban J connectivity index is 2.10. The molecule has 15 heavy (non-hydrogen) atoms. The van der Waals surface area contributed by atoms with Crippen LogP contribution in [0.1, 0.15) is 62.0 Å². The molecule has 1 aliphatic carbocycles. The summed E-state index contributed by atoms with van der Waals surface area (Å²) in [7, 11) is 0. The van der Waals surface area contributed by atoms with E-state index < -0.39 is 0 Å². The average Bonchev–Trinajstić information content (AvgIpc) is 2.19. The molecule has 0 N–H and O–H groups in total. The standard InChI is InChI=1S/C15H22/c1-13-9-7-8-12-15(13)14-10-5-3-2-4-6-11-14/h7-9,12,14H,2-6,10-11H2,1H3. The van der Waals surface area contributed by atoms with Crippen molar-refractivity contribution in [2.75, 3.05) is 0 Å². The molecule has 0 nitrogen and oxygen atoms in total. The van der Waals surface area contributed by atoms with E-state index in [4.69, 9.17) is 0 Å². The lowest BCUT2D eigenvalue weighted by Gasteiger charge is -2.21. The smallest absolute Gasteiger partial charge is 0.0159 e. The molecule has 0 heterocycles. The van der Waals surface area contributed by atoms with Crippen molar-refractivity contribution in [2.45, 2.75) is 57.8 Å². The van der Waals surface area contributed by atoms with Gasteiger partial charge in [0, 0.05) is 0 Å². The minimum absolute atomic E-state index is 0.839. The van der Waals surface area contributed by atoms with Crippen molar-refractivity contribution in [1.29, 1.82) is 0 Å². The lowest BCUT2D eigenvalue weighted by molar-refractivity contribution is 0.454. The van der Waals surface area contributed by atoms with Gasteiger partial charge in [-0.25, -0.2) is 0 Å². The summed E-state index contributed by atoms with van der Waals surface area (Å²) in [5.41, 5.74) is 3.10. The Bertz CT molecular complexity index is 293. The highest BCUT2D eigenvalue weighted by Gasteiger charge is 2.14. The summed E-state index contributed by atoms with van der Waals surface area (Å²) in [6.45, 7) is 2.26. The highest BCUT2D eigenvalue weighted by molar-refractivity contribution is 5.29. The van der Waals surface area contributed by atoms with Crippen molar-refractivity contribution in [1.82, 2.24) is 0 Å². The first kappa shape index (κ1) is 10.7. The van der Waals surface area contributed by atoms with E-state index in [0.717, 1.165) is 5.92 Å². The second-order valence-electron chi connectivity index (χ2n) is 4.90. The highest BCUT2D eigenvalue weighted by Crippen LogP contribution is 2.32. The third-order valence-corrected chi connectivity index (χ3v) is 3.73. The molecule has 82 valence electrons. The quantitative estimate of drug-likeness (QED) is 0.612. The maximum absolute atomic E-state index is 2.33. The topological polar surface area (TPSA) is 0 Å². The van der Waals surface area contributed by atoms with Crippen molar-refractivity contribution < 1.29 is 0 Å². The zero-order chi connectivity index (χ0) is 10.5. The molecule has 1 aromatic rings. The summed E-state index contributed by atoms with van der Waals surface area (Å²) in [6, 6.07) is 8.94. The van der Waals surface area contributed by atoms with Crippen LogP contribution in [0.4, 0.5) is 0 Å². The Labute approximate surface area is 93.7 Å². The van der Waals surface area contributed by atoms with Crippen LogP contribution in [0.2, 0.25) is 0 Å². The van der Waals surface area contributed by atoms with Gasteiger partial charge in [0.1, 0.15) is 0 Å². The van der Waals surface area contributed by atoms with Gasteiger partial charge in [-0.1, -0.05) is 56.4 Å². The molecule has 0 aromatic heterocycles. The Hall–Kier alpha value is -0.780. The lowest BCUT2D eigenvalue weighted by Crippen LogP contribution is -2.03. The maximum atomic E-state index is 2.33. The van der Waals surface area contributed by atoms with Crippen LogP contribution in [0.3, 0.4) is 0 Å². The summed E-state index contributed by atoms with van der Waals surface area (Å²) < 4.78 is 0. The summed E-state index contributed by atoms with van der Waals surface area (Å²) in [5, 5.41) is 0. The van der Waals surface area contributed by atoms with Gasteiger partial charge in [-0.15, -0.1) is 0 Å². The predicted octanol–water partition coefficient (Wildman–Crippen LogP) is 4.82. The van der Waals surface area contributed by atoms with Gasteiger partial charge in [0.05, 0.1) is 0 Å². The molecule has 0 bridgehead atoms. The number of hydrogen-bond donors (Lipinski definition) is 0. The molecule has 1 fully saturated rings. The van der Waals surface area contributed by atoms with Crippen molar-refractivity contribution in [2.24, 2.45) is 0 Å². The van der Waals surface area contributed by atoms with Gasteiger partial charge < -0.3 is 0 Å². The summed E-state index contributed by atoms with van der Waals surface area (Å²) >= 11 is 0. The minimum atomic E-state index is 0.839. The third-order valence-electron chi connectivity index (χ3n) is 3.73. The lowest BCUT2D eigenvalue weighted by atomic mass is 9.84. The highest BCUT2D eigenvalue weighted by atomic mass is 14.2. The van der Waals surface area contributed by atoms with Gasteiger partial charge in [0.15, 0.2) is 0 Å². The first-order valence-electron chi connectivity index (χ1n) is 6.43. The first-order chi connectivity index (χ1) is 7.38. The second kappa shape index (κ2) is 5.34. The van der Waals surface area contributed by atoms with Gasteiger partial charge >= 0.3 is 0 Å². The largest absolute Gasteiger partial charge is 0.0620 e. The normalized spacial score (nSPS) is 19.5. The van der Waals surface area contributed by atoms with Crippen molar-refractivity contribution in [3.63, 3.8) is 0 Å². The Morgan fingerprint density at radius 2 is 1.47 bits per heavy atom. The van der Waals surface area contributed by atoms with Gasteiger partial charge in [-0.2, -0.15) is 0 Å². The molecule has 1 aromatic carbocycles. The fourth-order valence-electron chi connectivity index (χ4n) is 2.81. The molecule has 0 amide bonds. The number of hydrogen-bond acceptors (Lipinski definition) is 0. The molecular weight excluding hydrogens is 180 g/mol. The molecule has 1 aliphatic rings. The fourth-order valence-corrected chi connectivity index (χ4v) is 2.81. The molecule has 0 unspecified atom stereocenters. The molecular formula is C15H22. The van der Waals surface area contributed by atoms with E-state index in [9.17, 15) is 0 Å². The molecule has 0 heteroatoms. The van der Waals surface area contributed by atoms with Crippen molar-refractivity contribution in [3.05, 3.63) is 35.4 Å². The van der Waals surface area contributed by atoms with Gasteiger partial charge in [0.2, 0.25) is 0 Å². The van der Waals surface area contributed by atoms with Gasteiger partial charge in [0.25, 0.3) is 0 Å². The molecule has 0 atom stereocenters. The SMILES string of the molecule is Cc1ccccc1C1CCCCCCC1. The van der Waals surface area contributed by atoms with E-state index in [1.165, 1.54) is 50.5 Å². The van der Waals surface area contributed by atoms with E-state index in [0.29, 0.717) is 0 Å². The first-order valence-corrected chi connectivity index (χ1v) is 6.43. The van der Waals surface area contributed by atoms with Crippen LogP contribution in [-0.4, -0.2) is 0 Å². The zero-order valence-corrected chi connectivity index (χ0v) is 9.84. The predicted molar refractivity (Wildman–Crippen MR) is 66.2 cm³/mol. The molecule has 1 saturated carbocycles. The minimum Gasteiger partial charge on any atom is -0.0620 e. The molecule has 2 rings (SSSR count). The zero-order valence-electron chi connectivity index (χ0n) is 9.84. The Kier molecular flexibility index (Phi) is 3.82. The van der Waals surface area contributed by atoms with E-state index in [-0.39, 0.29) is 0 Å².